The lowest BCUT2D eigenvalue weighted by Gasteiger charge is -2.21. The van der Waals surface area contributed by atoms with Crippen molar-refractivity contribution in [3.63, 3.8) is 0 Å². The largest absolute Gasteiger partial charge is 0.438 e. The van der Waals surface area contributed by atoms with Crippen molar-refractivity contribution < 1.29 is 9.53 Å². The van der Waals surface area contributed by atoms with E-state index in [0.717, 1.165) is 34.6 Å². The van der Waals surface area contributed by atoms with Crippen LogP contribution in [0.25, 0.3) is 0 Å². The lowest BCUT2D eigenvalue weighted by atomic mass is 9.93. The second kappa shape index (κ2) is 4.75. The highest BCUT2D eigenvalue weighted by atomic mass is 16.5. The summed E-state index contributed by atoms with van der Waals surface area (Å²) in [7, 11) is 0. The number of benzene rings is 1. The van der Waals surface area contributed by atoms with E-state index in [9.17, 15) is 4.79 Å². The number of ether oxygens (including phenoxy) is 1. The van der Waals surface area contributed by atoms with E-state index in [-0.39, 0.29) is 11.7 Å². The van der Waals surface area contributed by atoms with Crippen molar-refractivity contribution >= 4 is 5.78 Å². The molecule has 0 fully saturated rings. The highest BCUT2D eigenvalue weighted by molar-refractivity contribution is 5.83. The number of hydrogen-bond donors (Lipinski definition) is 0. The first-order valence-corrected chi connectivity index (χ1v) is 6.82. The summed E-state index contributed by atoms with van der Waals surface area (Å²) in [6.45, 7) is 5.52. The summed E-state index contributed by atoms with van der Waals surface area (Å²) in [4.78, 5) is 15.9. The Kier molecular flexibility index (Phi) is 3.05. The van der Waals surface area contributed by atoms with Crippen molar-refractivity contribution in [2.45, 2.75) is 33.1 Å². The van der Waals surface area contributed by atoms with Gasteiger partial charge in [-0.05, 0) is 37.1 Å². The number of rotatable bonds is 2. The molecule has 1 aromatic heterocycles. The van der Waals surface area contributed by atoms with Gasteiger partial charge in [-0.2, -0.15) is 0 Å². The third-order valence-corrected chi connectivity index (χ3v) is 3.86. The fourth-order valence-corrected chi connectivity index (χ4v) is 2.44. The Morgan fingerprint density at radius 2 is 2.05 bits per heavy atom. The van der Waals surface area contributed by atoms with Crippen LogP contribution in [0.3, 0.4) is 0 Å². The molecular weight excluding hydrogens is 250 g/mol. The molecule has 0 bridgehead atoms. The van der Waals surface area contributed by atoms with Gasteiger partial charge >= 0.3 is 0 Å². The maximum atomic E-state index is 11.5. The minimum absolute atomic E-state index is 0.0714. The quantitative estimate of drug-likeness (QED) is 0.709. The van der Waals surface area contributed by atoms with Crippen molar-refractivity contribution in [2.24, 2.45) is 0 Å². The lowest BCUT2D eigenvalue weighted by Crippen LogP contribution is -2.08. The van der Waals surface area contributed by atoms with Gasteiger partial charge in [0.05, 0.1) is 0 Å². The van der Waals surface area contributed by atoms with Crippen LogP contribution in [-0.4, -0.2) is 10.8 Å². The maximum Gasteiger partial charge on any atom is 0.223 e. The van der Waals surface area contributed by atoms with Crippen LogP contribution in [0.1, 0.15) is 42.1 Å². The molecule has 1 unspecified atom stereocenters. The highest BCUT2D eigenvalue weighted by Crippen LogP contribution is 2.36. The van der Waals surface area contributed by atoms with Crippen molar-refractivity contribution in [3.8, 4) is 11.6 Å². The monoisotopic (exact) mass is 267 g/mol. The van der Waals surface area contributed by atoms with Gasteiger partial charge in [0.1, 0.15) is 11.5 Å². The topological polar surface area (TPSA) is 39.2 Å². The molecule has 3 heteroatoms. The molecule has 3 nitrogen and oxygen atoms in total. The van der Waals surface area contributed by atoms with Crippen LogP contribution in [0.2, 0.25) is 0 Å². The molecular formula is C17H17NO2. The fraction of sp³-hybridized carbons (Fsp3) is 0.294. The summed E-state index contributed by atoms with van der Waals surface area (Å²) in [5.74, 6) is 1.65. The first-order chi connectivity index (χ1) is 9.54. The van der Waals surface area contributed by atoms with Crippen molar-refractivity contribution in [1.82, 2.24) is 4.98 Å². The van der Waals surface area contributed by atoms with Gasteiger partial charge < -0.3 is 4.74 Å². The second-order valence-corrected chi connectivity index (χ2v) is 5.40. The lowest BCUT2D eigenvalue weighted by molar-refractivity contribution is -0.118. The summed E-state index contributed by atoms with van der Waals surface area (Å²) in [5, 5.41) is 0. The standard InChI is InChI=1S/C17H17NO2/c1-10-4-5-14-9-15-8-13(11(2)12(3)19)6-7-16(15)20-17(14)18-10/h4-8,11H,9H2,1-3H3. The number of hydrogen-bond acceptors (Lipinski definition) is 3. The number of carbonyl (C=O) groups excluding carboxylic acids is 1. The fourth-order valence-electron chi connectivity index (χ4n) is 2.44. The minimum Gasteiger partial charge on any atom is -0.438 e. The summed E-state index contributed by atoms with van der Waals surface area (Å²) in [6, 6.07) is 10.0. The van der Waals surface area contributed by atoms with E-state index >= 15 is 0 Å². The average molecular weight is 267 g/mol. The van der Waals surface area contributed by atoms with Crippen LogP contribution < -0.4 is 4.74 Å². The number of pyridine rings is 1. The molecule has 1 aromatic carbocycles. The van der Waals surface area contributed by atoms with Crippen LogP contribution in [0.4, 0.5) is 0 Å². The van der Waals surface area contributed by atoms with Crippen molar-refractivity contribution in [3.05, 3.63) is 52.7 Å². The van der Waals surface area contributed by atoms with Gasteiger partial charge in [-0.1, -0.05) is 25.1 Å². The third-order valence-electron chi connectivity index (χ3n) is 3.86. The molecule has 102 valence electrons. The number of Topliss-reactive ketones (excluding diaryl/α,β-unsaturated/α-hetero) is 1. The zero-order valence-electron chi connectivity index (χ0n) is 11.9. The van der Waals surface area contributed by atoms with Crippen molar-refractivity contribution in [1.29, 1.82) is 0 Å². The molecule has 3 rings (SSSR count). The van der Waals surface area contributed by atoms with Crippen LogP contribution in [0, 0.1) is 6.92 Å². The molecule has 0 saturated heterocycles. The van der Waals surface area contributed by atoms with E-state index in [4.69, 9.17) is 4.74 Å². The van der Waals surface area contributed by atoms with E-state index in [2.05, 4.69) is 17.1 Å². The van der Waals surface area contributed by atoms with Gasteiger partial charge in [0.15, 0.2) is 0 Å². The van der Waals surface area contributed by atoms with Crippen LogP contribution >= 0.6 is 0 Å². The number of fused-ring (bicyclic) bond motifs is 2. The summed E-state index contributed by atoms with van der Waals surface area (Å²) in [5.41, 5.74) is 4.21. The number of aryl methyl sites for hydroxylation is 1. The van der Waals surface area contributed by atoms with E-state index in [0.29, 0.717) is 5.88 Å². The number of nitrogens with zero attached hydrogens (tertiary/aromatic N) is 1. The van der Waals surface area contributed by atoms with E-state index in [1.54, 1.807) is 6.92 Å². The highest BCUT2D eigenvalue weighted by Gasteiger charge is 2.20. The maximum absolute atomic E-state index is 11.5. The molecule has 2 heterocycles. The Hall–Kier alpha value is -2.16. The molecule has 0 N–H and O–H groups in total. The van der Waals surface area contributed by atoms with E-state index in [1.807, 2.05) is 32.0 Å². The molecule has 20 heavy (non-hydrogen) atoms. The van der Waals surface area contributed by atoms with E-state index < -0.39 is 0 Å². The Morgan fingerprint density at radius 1 is 1.25 bits per heavy atom. The summed E-state index contributed by atoms with van der Waals surface area (Å²) < 4.78 is 5.86. The molecule has 0 spiro atoms. The summed E-state index contributed by atoms with van der Waals surface area (Å²) in [6.07, 6.45) is 0.802. The number of ketones is 1. The SMILES string of the molecule is CC(=O)C(C)c1ccc2c(c1)Cc1ccc(C)nc1O2. The molecule has 0 amide bonds. The van der Waals surface area contributed by atoms with Crippen LogP contribution in [-0.2, 0) is 11.2 Å². The number of carbonyl (C=O) groups is 1. The number of aromatic nitrogens is 1. The molecule has 1 atom stereocenters. The van der Waals surface area contributed by atoms with Gasteiger partial charge in [-0.3, -0.25) is 4.79 Å². The molecule has 0 radical (unpaired) electrons. The second-order valence-electron chi connectivity index (χ2n) is 5.40. The van der Waals surface area contributed by atoms with E-state index in [1.165, 1.54) is 0 Å². The van der Waals surface area contributed by atoms with Gasteiger partial charge in [0, 0.05) is 23.6 Å². The summed E-state index contributed by atoms with van der Waals surface area (Å²) >= 11 is 0. The Bertz CT molecular complexity index is 691. The van der Waals surface area contributed by atoms with Gasteiger partial charge in [0.25, 0.3) is 0 Å². The molecule has 0 saturated carbocycles. The van der Waals surface area contributed by atoms with Crippen LogP contribution in [0.15, 0.2) is 30.3 Å². The van der Waals surface area contributed by atoms with Crippen LogP contribution in [0.5, 0.6) is 11.6 Å². The molecule has 1 aliphatic heterocycles. The Labute approximate surface area is 118 Å². The average Bonchev–Trinajstić information content (AvgIpc) is 2.43. The predicted molar refractivity (Wildman–Crippen MR) is 77.4 cm³/mol. The third kappa shape index (κ3) is 2.20. The Morgan fingerprint density at radius 3 is 2.80 bits per heavy atom. The molecule has 2 aromatic rings. The first-order valence-electron chi connectivity index (χ1n) is 6.82. The first kappa shape index (κ1) is 12.9. The zero-order valence-corrected chi connectivity index (χ0v) is 11.9. The van der Waals surface area contributed by atoms with Gasteiger partial charge in [0.2, 0.25) is 5.88 Å². The minimum atomic E-state index is -0.0714. The predicted octanol–water partition coefficient (Wildman–Crippen LogP) is 3.78. The van der Waals surface area contributed by atoms with Crippen molar-refractivity contribution in [2.75, 3.05) is 0 Å². The zero-order chi connectivity index (χ0) is 14.3. The smallest absolute Gasteiger partial charge is 0.223 e. The van der Waals surface area contributed by atoms with Gasteiger partial charge in [-0.25, -0.2) is 4.98 Å². The molecule has 0 aliphatic carbocycles. The van der Waals surface area contributed by atoms with Gasteiger partial charge in [-0.15, -0.1) is 0 Å². The Balaban J connectivity index is 1.98. The normalized spacial score (nSPS) is 13.9. The molecule has 1 aliphatic rings.